The number of amides is 1. The quantitative estimate of drug-likeness (QED) is 0.823. The number of carbonyl (C=O) groups excluding carboxylic acids is 1. The summed E-state index contributed by atoms with van der Waals surface area (Å²) < 4.78 is 40.1. The molecule has 0 unspecified atom stereocenters. The van der Waals surface area contributed by atoms with Crippen molar-refractivity contribution in [3.63, 3.8) is 0 Å². The first-order valence-electron chi connectivity index (χ1n) is 6.99. The standard InChI is InChI=1S/C14H16F3N3O2S/c15-14(16,17)22-10-6-4-9(5-7-10)19-13(23)20-8-2-1-3-11(20)12(18)21/h4-7,11H,1-3,8H2,(H2,18,21)(H,19,23)/t11-/m0/s1. The van der Waals surface area contributed by atoms with Gasteiger partial charge in [0.1, 0.15) is 11.8 Å². The van der Waals surface area contributed by atoms with Crippen molar-refractivity contribution >= 4 is 28.9 Å². The lowest BCUT2D eigenvalue weighted by Gasteiger charge is -2.35. The molecule has 1 saturated heterocycles. The van der Waals surface area contributed by atoms with E-state index in [9.17, 15) is 18.0 Å². The molecular weight excluding hydrogens is 331 g/mol. The number of benzene rings is 1. The number of thiocarbonyl (C=S) groups is 1. The molecule has 0 spiro atoms. The molecule has 1 aromatic carbocycles. The minimum Gasteiger partial charge on any atom is -0.406 e. The van der Waals surface area contributed by atoms with E-state index in [0.717, 1.165) is 12.8 Å². The third-order valence-corrected chi connectivity index (χ3v) is 3.77. The molecule has 1 aromatic rings. The summed E-state index contributed by atoms with van der Waals surface area (Å²) in [5.74, 6) is -0.760. The van der Waals surface area contributed by atoms with E-state index in [1.54, 1.807) is 4.90 Å². The summed E-state index contributed by atoms with van der Waals surface area (Å²) in [6, 6.07) is 4.73. The Hall–Kier alpha value is -2.03. The molecule has 126 valence electrons. The Labute approximate surface area is 136 Å². The summed E-state index contributed by atoms with van der Waals surface area (Å²) in [5.41, 5.74) is 5.87. The summed E-state index contributed by atoms with van der Waals surface area (Å²) in [7, 11) is 0. The van der Waals surface area contributed by atoms with E-state index in [1.165, 1.54) is 24.3 Å². The number of nitrogens with one attached hydrogen (secondary N) is 1. The highest BCUT2D eigenvalue weighted by Gasteiger charge is 2.31. The van der Waals surface area contributed by atoms with Crippen LogP contribution in [0, 0.1) is 0 Å². The Kier molecular flexibility index (Phi) is 5.30. The number of anilines is 1. The van der Waals surface area contributed by atoms with Crippen LogP contribution in [0.15, 0.2) is 24.3 Å². The predicted molar refractivity (Wildman–Crippen MR) is 82.9 cm³/mol. The number of hydrogen-bond acceptors (Lipinski definition) is 3. The van der Waals surface area contributed by atoms with Gasteiger partial charge in [0.2, 0.25) is 5.91 Å². The van der Waals surface area contributed by atoms with Gasteiger partial charge in [0, 0.05) is 12.2 Å². The van der Waals surface area contributed by atoms with Crippen molar-refractivity contribution in [1.29, 1.82) is 0 Å². The minimum absolute atomic E-state index is 0.318. The highest BCUT2D eigenvalue weighted by Crippen LogP contribution is 2.24. The highest BCUT2D eigenvalue weighted by atomic mass is 32.1. The molecule has 0 aliphatic carbocycles. The summed E-state index contributed by atoms with van der Waals surface area (Å²) in [5, 5.41) is 3.22. The first kappa shape index (κ1) is 17.3. The van der Waals surface area contributed by atoms with Crippen LogP contribution in [-0.4, -0.2) is 34.9 Å². The van der Waals surface area contributed by atoms with Crippen molar-refractivity contribution in [3.8, 4) is 5.75 Å². The van der Waals surface area contributed by atoms with E-state index in [-0.39, 0.29) is 5.75 Å². The van der Waals surface area contributed by atoms with Gasteiger partial charge in [0.25, 0.3) is 0 Å². The molecule has 23 heavy (non-hydrogen) atoms. The lowest BCUT2D eigenvalue weighted by Crippen LogP contribution is -2.51. The number of rotatable bonds is 3. The first-order valence-corrected chi connectivity index (χ1v) is 7.40. The van der Waals surface area contributed by atoms with Crippen LogP contribution < -0.4 is 15.8 Å². The third kappa shape index (κ3) is 4.98. The Balaban J connectivity index is 2.00. The average Bonchev–Trinajstić information content (AvgIpc) is 2.47. The maximum Gasteiger partial charge on any atom is 0.573 e. The SMILES string of the molecule is NC(=O)[C@@H]1CCCCN1C(=S)Nc1ccc(OC(F)(F)F)cc1. The van der Waals surface area contributed by atoms with Crippen LogP contribution in [0.25, 0.3) is 0 Å². The van der Waals surface area contributed by atoms with Crippen molar-refractivity contribution in [2.45, 2.75) is 31.7 Å². The summed E-state index contributed by atoms with van der Waals surface area (Å²) in [6.45, 7) is 0.606. The van der Waals surface area contributed by atoms with Crippen LogP contribution in [0.5, 0.6) is 5.75 Å². The molecule has 3 N–H and O–H groups in total. The Morgan fingerprint density at radius 1 is 1.30 bits per heavy atom. The largest absolute Gasteiger partial charge is 0.573 e. The number of carbonyl (C=O) groups is 1. The Morgan fingerprint density at radius 3 is 2.52 bits per heavy atom. The van der Waals surface area contributed by atoms with E-state index in [4.69, 9.17) is 18.0 Å². The predicted octanol–water partition coefficient (Wildman–Crippen LogP) is 2.62. The maximum atomic E-state index is 12.1. The summed E-state index contributed by atoms with van der Waals surface area (Å²) in [6.07, 6.45) is -2.30. The number of nitrogens with zero attached hydrogens (tertiary/aromatic N) is 1. The zero-order valence-corrected chi connectivity index (χ0v) is 12.9. The molecule has 1 fully saturated rings. The van der Waals surface area contributed by atoms with E-state index >= 15 is 0 Å². The molecule has 1 amide bonds. The molecule has 2 rings (SSSR count). The van der Waals surface area contributed by atoms with Gasteiger partial charge >= 0.3 is 6.36 Å². The Bertz CT molecular complexity index is 578. The number of halogens is 3. The van der Waals surface area contributed by atoms with Crippen molar-refractivity contribution in [1.82, 2.24) is 4.90 Å². The maximum absolute atomic E-state index is 12.1. The van der Waals surface area contributed by atoms with Crippen molar-refractivity contribution in [3.05, 3.63) is 24.3 Å². The first-order chi connectivity index (χ1) is 10.8. The molecular formula is C14H16F3N3O2S. The van der Waals surface area contributed by atoms with E-state index in [1.807, 2.05) is 0 Å². The van der Waals surface area contributed by atoms with Gasteiger partial charge in [-0.3, -0.25) is 4.79 Å². The van der Waals surface area contributed by atoms with Gasteiger partial charge in [-0.25, -0.2) is 0 Å². The molecule has 1 heterocycles. The van der Waals surface area contributed by atoms with Crippen LogP contribution in [0.1, 0.15) is 19.3 Å². The van der Waals surface area contributed by atoms with Crippen LogP contribution >= 0.6 is 12.2 Å². The van der Waals surface area contributed by atoms with E-state index in [0.29, 0.717) is 23.8 Å². The third-order valence-electron chi connectivity index (χ3n) is 3.43. The number of piperidine rings is 1. The lowest BCUT2D eigenvalue weighted by molar-refractivity contribution is -0.274. The van der Waals surface area contributed by atoms with Crippen LogP contribution in [0.4, 0.5) is 18.9 Å². The lowest BCUT2D eigenvalue weighted by atomic mass is 10.0. The second kappa shape index (κ2) is 7.03. The molecule has 5 nitrogen and oxygen atoms in total. The molecule has 1 aliphatic heterocycles. The normalized spacial score (nSPS) is 18.4. The Morgan fingerprint density at radius 2 is 1.96 bits per heavy atom. The molecule has 1 aliphatic rings. The fourth-order valence-corrected chi connectivity index (χ4v) is 2.74. The van der Waals surface area contributed by atoms with Gasteiger partial charge in [0.05, 0.1) is 0 Å². The number of ether oxygens (including phenoxy) is 1. The van der Waals surface area contributed by atoms with Crippen molar-refractivity contribution in [2.24, 2.45) is 5.73 Å². The monoisotopic (exact) mass is 347 g/mol. The van der Waals surface area contributed by atoms with Gasteiger partial charge in [-0.2, -0.15) is 0 Å². The van der Waals surface area contributed by atoms with Gasteiger partial charge < -0.3 is 20.7 Å². The van der Waals surface area contributed by atoms with Crippen molar-refractivity contribution < 1.29 is 22.7 Å². The zero-order chi connectivity index (χ0) is 17.0. The molecule has 0 bridgehead atoms. The molecule has 0 aromatic heterocycles. The van der Waals surface area contributed by atoms with Crippen LogP contribution in [0.3, 0.4) is 0 Å². The topological polar surface area (TPSA) is 67.6 Å². The van der Waals surface area contributed by atoms with Crippen LogP contribution in [-0.2, 0) is 4.79 Å². The second-order valence-corrected chi connectivity index (χ2v) is 5.50. The molecule has 9 heteroatoms. The molecule has 1 atom stereocenters. The fraction of sp³-hybridized carbons (Fsp3) is 0.429. The van der Waals surface area contributed by atoms with Gasteiger partial charge in [-0.1, -0.05) is 0 Å². The van der Waals surface area contributed by atoms with Gasteiger partial charge in [0.15, 0.2) is 5.11 Å². The van der Waals surface area contributed by atoms with Gasteiger partial charge in [-0.15, -0.1) is 13.2 Å². The molecule has 0 saturated carbocycles. The number of primary amides is 1. The number of nitrogens with two attached hydrogens (primary N) is 1. The second-order valence-electron chi connectivity index (χ2n) is 5.11. The minimum atomic E-state index is -4.73. The van der Waals surface area contributed by atoms with Crippen molar-refractivity contribution in [2.75, 3.05) is 11.9 Å². The fourth-order valence-electron chi connectivity index (χ4n) is 2.41. The summed E-state index contributed by atoms with van der Waals surface area (Å²) in [4.78, 5) is 13.2. The zero-order valence-electron chi connectivity index (χ0n) is 12.1. The molecule has 0 radical (unpaired) electrons. The highest BCUT2D eigenvalue weighted by molar-refractivity contribution is 7.80. The van der Waals surface area contributed by atoms with E-state index < -0.39 is 18.3 Å². The van der Waals surface area contributed by atoms with Gasteiger partial charge in [-0.05, 0) is 55.7 Å². The number of likely N-dealkylation sites (tertiary alicyclic amines) is 1. The summed E-state index contributed by atoms with van der Waals surface area (Å²) >= 11 is 5.27. The smallest absolute Gasteiger partial charge is 0.406 e. The van der Waals surface area contributed by atoms with E-state index in [2.05, 4.69) is 10.1 Å². The van der Waals surface area contributed by atoms with Crippen LogP contribution in [0.2, 0.25) is 0 Å². The number of alkyl halides is 3. The number of hydrogen-bond donors (Lipinski definition) is 2. The average molecular weight is 347 g/mol.